The molecular weight excluding hydrogens is 445 g/mol. The first-order valence-electron chi connectivity index (χ1n) is 9.95. The van der Waals surface area contributed by atoms with Crippen molar-refractivity contribution in [3.8, 4) is 6.07 Å². The number of nitriles is 1. The zero-order valence-corrected chi connectivity index (χ0v) is 18.7. The Morgan fingerprint density at radius 2 is 1.94 bits per heavy atom. The smallest absolute Gasteiger partial charge is 0.356 e. The third-order valence-corrected chi connectivity index (χ3v) is 6.28. The molecule has 10 nitrogen and oxygen atoms in total. The largest absolute Gasteiger partial charge is 0.359 e. The van der Waals surface area contributed by atoms with Crippen LogP contribution in [0.3, 0.4) is 0 Å². The summed E-state index contributed by atoms with van der Waals surface area (Å²) in [6.45, 7) is 3.85. The van der Waals surface area contributed by atoms with Gasteiger partial charge in [0.1, 0.15) is 11.4 Å². The minimum Gasteiger partial charge on any atom is -0.359 e. The molecule has 2 aromatic heterocycles. The van der Waals surface area contributed by atoms with Gasteiger partial charge in [-0.25, -0.2) is 9.88 Å². The van der Waals surface area contributed by atoms with Gasteiger partial charge in [0.2, 0.25) is 12.4 Å². The predicted octanol–water partition coefficient (Wildman–Crippen LogP) is 2.85. The summed E-state index contributed by atoms with van der Waals surface area (Å²) in [4.78, 5) is 36.7. The molecule has 1 amide bonds. The highest BCUT2D eigenvalue weighted by Crippen LogP contribution is 2.34. The predicted molar refractivity (Wildman–Crippen MR) is 120 cm³/mol. The summed E-state index contributed by atoms with van der Waals surface area (Å²) in [6, 6.07) is 13.3. The van der Waals surface area contributed by atoms with Crippen molar-refractivity contribution < 1.29 is 23.7 Å². The Labute approximate surface area is 188 Å². The lowest BCUT2D eigenvalue weighted by atomic mass is 10.1. The average Bonchev–Trinajstić information content (AvgIpc) is 3.32. The lowest BCUT2D eigenvalue weighted by molar-refractivity contribution is -0.106. The number of rotatable bonds is 7. The summed E-state index contributed by atoms with van der Waals surface area (Å²) < 4.78 is 18.5. The quantitative estimate of drug-likeness (QED) is 0.313. The minimum atomic E-state index is -4.31. The maximum absolute atomic E-state index is 12.1. The lowest BCUT2D eigenvalue weighted by Gasteiger charge is -2.18. The fraction of sp³-hybridized carbons (Fsp3) is 0.182. The highest BCUT2D eigenvalue weighted by Gasteiger charge is 2.24. The van der Waals surface area contributed by atoms with Crippen LogP contribution in [0.4, 0.5) is 11.6 Å². The monoisotopic (exact) mass is 465 g/mol. The molecule has 0 bridgehead atoms. The summed E-state index contributed by atoms with van der Waals surface area (Å²) in [6.07, 6.45) is 1.15. The van der Waals surface area contributed by atoms with E-state index in [0.29, 0.717) is 53.5 Å². The van der Waals surface area contributed by atoms with Crippen LogP contribution in [-0.4, -0.2) is 30.9 Å². The Morgan fingerprint density at radius 1 is 1.21 bits per heavy atom. The number of imidazole rings is 1. The second-order valence-electron chi connectivity index (χ2n) is 7.49. The molecule has 0 aliphatic carbocycles. The number of benzene rings is 2. The number of fused-ring (bicyclic) bond motifs is 1. The number of carbonyl (C=O) groups is 1. The van der Waals surface area contributed by atoms with Crippen LogP contribution in [0.15, 0.2) is 47.0 Å². The van der Waals surface area contributed by atoms with E-state index in [2.05, 4.69) is 16.2 Å². The van der Waals surface area contributed by atoms with Gasteiger partial charge in [-0.15, -0.1) is 0 Å². The van der Waals surface area contributed by atoms with Crippen LogP contribution in [0, 0.1) is 25.2 Å². The Balaban J connectivity index is 1.76. The van der Waals surface area contributed by atoms with E-state index in [1.165, 1.54) is 17.0 Å². The molecule has 0 spiro atoms. The summed E-state index contributed by atoms with van der Waals surface area (Å²) >= 11 is 0. The van der Waals surface area contributed by atoms with Gasteiger partial charge in [0.05, 0.1) is 28.0 Å². The first-order chi connectivity index (χ1) is 15.7. The second kappa shape index (κ2) is 8.64. The highest BCUT2D eigenvalue weighted by atomic mass is 31.2. The van der Waals surface area contributed by atoms with Gasteiger partial charge < -0.3 is 18.9 Å². The Bertz CT molecular complexity index is 1410. The number of nitrogens with zero attached hydrogens (tertiary/aromatic N) is 5. The molecule has 4 aromatic rings. The van der Waals surface area contributed by atoms with Gasteiger partial charge in [-0.1, -0.05) is 17.3 Å². The average molecular weight is 465 g/mol. The van der Waals surface area contributed by atoms with E-state index in [9.17, 15) is 24.4 Å². The number of hydrogen-bond donors (Lipinski definition) is 2. The fourth-order valence-electron chi connectivity index (χ4n) is 3.71. The third-order valence-electron chi connectivity index (χ3n) is 5.31. The summed E-state index contributed by atoms with van der Waals surface area (Å²) in [5.74, 6) is 0.806. The van der Waals surface area contributed by atoms with Crippen LogP contribution in [0.2, 0.25) is 0 Å². The van der Waals surface area contributed by atoms with E-state index in [4.69, 9.17) is 4.52 Å². The Hall–Kier alpha value is -3.77. The van der Waals surface area contributed by atoms with Crippen molar-refractivity contribution in [2.75, 3.05) is 4.90 Å². The van der Waals surface area contributed by atoms with Gasteiger partial charge in [0.15, 0.2) is 5.76 Å². The number of anilines is 2. The third kappa shape index (κ3) is 4.30. The number of aromatic nitrogens is 3. The van der Waals surface area contributed by atoms with Crippen molar-refractivity contribution in [2.24, 2.45) is 0 Å². The van der Waals surface area contributed by atoms with E-state index in [1.807, 2.05) is 4.57 Å². The molecule has 0 saturated heterocycles. The molecule has 0 unspecified atom stereocenters. The lowest BCUT2D eigenvalue weighted by Crippen LogP contribution is -2.21. The van der Waals surface area contributed by atoms with Crippen LogP contribution in [0.1, 0.15) is 22.6 Å². The number of aryl methyl sites for hydroxylation is 4. The van der Waals surface area contributed by atoms with Crippen molar-refractivity contribution >= 4 is 42.0 Å². The van der Waals surface area contributed by atoms with Crippen LogP contribution >= 0.6 is 7.60 Å². The van der Waals surface area contributed by atoms with Gasteiger partial charge in [-0.05, 0) is 56.2 Å². The maximum atomic E-state index is 12.1. The molecule has 0 saturated carbocycles. The van der Waals surface area contributed by atoms with Crippen molar-refractivity contribution in [1.82, 2.24) is 14.7 Å². The van der Waals surface area contributed by atoms with Crippen molar-refractivity contribution in [3.63, 3.8) is 0 Å². The van der Waals surface area contributed by atoms with Crippen LogP contribution in [0.5, 0.6) is 0 Å². The summed E-state index contributed by atoms with van der Waals surface area (Å²) in [5, 5.41) is 13.1. The molecule has 0 atom stereocenters. The molecule has 11 heteroatoms. The van der Waals surface area contributed by atoms with E-state index >= 15 is 0 Å². The van der Waals surface area contributed by atoms with E-state index in [1.54, 1.807) is 44.2 Å². The molecule has 0 aliphatic rings. The molecule has 33 heavy (non-hydrogen) atoms. The first kappa shape index (κ1) is 22.4. The summed E-state index contributed by atoms with van der Waals surface area (Å²) in [7, 11) is -4.31. The normalized spacial score (nSPS) is 11.5. The minimum absolute atomic E-state index is 0.0467. The fourth-order valence-corrected chi connectivity index (χ4v) is 4.25. The van der Waals surface area contributed by atoms with Gasteiger partial charge >= 0.3 is 7.60 Å². The van der Waals surface area contributed by atoms with Crippen LogP contribution in [0.25, 0.3) is 11.0 Å². The molecular formula is C22H20N5O5P. The van der Waals surface area contributed by atoms with Gasteiger partial charge in [0, 0.05) is 6.54 Å². The van der Waals surface area contributed by atoms with Crippen molar-refractivity contribution in [3.05, 3.63) is 65.0 Å². The standard InChI is InChI=1S/C22H20N5O5P/c1-14-21(15(2)32-25-14)27(13-28)22-24-19-11-17(12-23)5-8-20(19)26(22)10-9-16-3-6-18(7-4-16)33(29,30)31/h3-8,11,13H,9-10H2,1-2H3,(H2,29,30,31). The van der Waals surface area contributed by atoms with Crippen LogP contribution < -0.4 is 10.2 Å². The molecule has 0 aliphatic heterocycles. The van der Waals surface area contributed by atoms with Gasteiger partial charge in [-0.3, -0.25) is 9.36 Å². The molecule has 0 fully saturated rings. The Kier molecular flexibility index (Phi) is 5.87. The van der Waals surface area contributed by atoms with Crippen molar-refractivity contribution in [1.29, 1.82) is 5.26 Å². The van der Waals surface area contributed by atoms with Gasteiger partial charge in [0.25, 0.3) is 0 Å². The van der Waals surface area contributed by atoms with E-state index < -0.39 is 7.60 Å². The van der Waals surface area contributed by atoms with Gasteiger partial charge in [-0.2, -0.15) is 5.26 Å². The highest BCUT2D eigenvalue weighted by molar-refractivity contribution is 7.60. The molecule has 2 aromatic carbocycles. The number of hydrogen-bond acceptors (Lipinski definition) is 6. The zero-order chi connectivity index (χ0) is 23.8. The topological polar surface area (TPSA) is 145 Å². The Morgan fingerprint density at radius 3 is 2.52 bits per heavy atom. The molecule has 2 heterocycles. The van der Waals surface area contributed by atoms with Crippen molar-refractivity contribution in [2.45, 2.75) is 26.8 Å². The molecule has 4 rings (SSSR count). The zero-order valence-electron chi connectivity index (χ0n) is 17.8. The van der Waals surface area contributed by atoms with E-state index in [-0.39, 0.29) is 5.30 Å². The second-order valence-corrected chi connectivity index (χ2v) is 9.09. The first-order valence-corrected chi connectivity index (χ1v) is 11.6. The number of carbonyl (C=O) groups excluding carboxylic acids is 1. The molecule has 168 valence electrons. The maximum Gasteiger partial charge on any atom is 0.356 e. The summed E-state index contributed by atoms with van der Waals surface area (Å²) in [5.41, 5.74) is 3.61. The van der Waals surface area contributed by atoms with E-state index in [0.717, 1.165) is 11.1 Å². The molecule has 2 N–H and O–H groups in total. The SMILES string of the molecule is Cc1noc(C)c1N(C=O)c1nc2cc(C#N)ccc2n1CCc1ccc(P(=O)(O)O)cc1. The number of amides is 1. The van der Waals surface area contributed by atoms with Crippen LogP contribution in [-0.2, 0) is 22.3 Å². The molecule has 0 radical (unpaired) electrons.